The molecule has 0 bridgehead atoms. The molecule has 0 saturated carbocycles. The van der Waals surface area contributed by atoms with Gasteiger partial charge < -0.3 is 4.74 Å². The number of carbonyl (C=O) groups is 1. The van der Waals surface area contributed by atoms with Crippen molar-refractivity contribution in [1.29, 1.82) is 0 Å². The van der Waals surface area contributed by atoms with E-state index in [0.717, 1.165) is 17.7 Å². The maximum absolute atomic E-state index is 13.0. The van der Waals surface area contributed by atoms with Crippen molar-refractivity contribution in [2.45, 2.75) is 13.1 Å². The molecule has 0 fully saturated rings. The summed E-state index contributed by atoms with van der Waals surface area (Å²) in [5.74, 6) is -0.287. The van der Waals surface area contributed by atoms with Crippen molar-refractivity contribution in [2.75, 3.05) is 0 Å². The van der Waals surface area contributed by atoms with Crippen molar-refractivity contribution in [1.82, 2.24) is 0 Å². The Morgan fingerprint density at radius 1 is 1.10 bits per heavy atom. The summed E-state index contributed by atoms with van der Waals surface area (Å²) in [6, 6.07) is 7.84. The summed E-state index contributed by atoms with van der Waals surface area (Å²) in [5, 5.41) is 0.211. The van der Waals surface area contributed by atoms with Crippen molar-refractivity contribution in [3.05, 3.63) is 58.1 Å². The van der Waals surface area contributed by atoms with Gasteiger partial charge in [-0.3, -0.25) is 4.79 Å². The third-order valence-corrected chi connectivity index (χ3v) is 3.05. The second-order valence-electron chi connectivity index (χ2n) is 4.41. The van der Waals surface area contributed by atoms with Crippen molar-refractivity contribution < 1.29 is 22.7 Å². The molecule has 6 heteroatoms. The van der Waals surface area contributed by atoms with E-state index in [1.54, 1.807) is 19.1 Å². The van der Waals surface area contributed by atoms with Crippen LogP contribution in [-0.2, 0) is 6.18 Å². The van der Waals surface area contributed by atoms with E-state index >= 15 is 0 Å². The molecule has 2 rings (SSSR count). The predicted octanol–water partition coefficient (Wildman–Crippen LogP) is 5.27. The summed E-state index contributed by atoms with van der Waals surface area (Å²) in [5.41, 5.74) is -0.242. The highest BCUT2D eigenvalue weighted by Gasteiger charge is 2.35. The zero-order valence-corrected chi connectivity index (χ0v) is 11.6. The number of rotatable bonds is 3. The van der Waals surface area contributed by atoms with Gasteiger partial charge in [0.05, 0.1) is 10.6 Å². The van der Waals surface area contributed by atoms with Gasteiger partial charge in [-0.2, -0.15) is 13.2 Å². The molecule has 0 N–H and O–H groups in total. The minimum absolute atomic E-state index is 0.0790. The summed E-state index contributed by atoms with van der Waals surface area (Å²) in [6.45, 7) is 1.80. The Labute approximate surface area is 124 Å². The quantitative estimate of drug-likeness (QED) is 0.721. The maximum atomic E-state index is 13.0. The van der Waals surface area contributed by atoms with Crippen LogP contribution in [0.15, 0.2) is 36.4 Å². The van der Waals surface area contributed by atoms with Gasteiger partial charge in [0.25, 0.3) is 0 Å². The molecule has 0 spiro atoms. The summed E-state index contributed by atoms with van der Waals surface area (Å²) < 4.78 is 44.3. The van der Waals surface area contributed by atoms with Crippen LogP contribution in [0, 0.1) is 6.92 Å². The molecular formula is C15H10ClF3O2. The van der Waals surface area contributed by atoms with Gasteiger partial charge >= 0.3 is 6.18 Å². The molecule has 0 heterocycles. The van der Waals surface area contributed by atoms with E-state index in [9.17, 15) is 18.0 Å². The second-order valence-corrected chi connectivity index (χ2v) is 4.81. The first-order chi connectivity index (χ1) is 9.81. The van der Waals surface area contributed by atoms with Crippen LogP contribution in [0.25, 0.3) is 0 Å². The lowest BCUT2D eigenvalue weighted by molar-refractivity contribution is -0.138. The Morgan fingerprint density at radius 2 is 1.76 bits per heavy atom. The van der Waals surface area contributed by atoms with E-state index in [0.29, 0.717) is 6.29 Å². The molecule has 0 aromatic heterocycles. The Hall–Kier alpha value is -2.01. The third-order valence-electron chi connectivity index (χ3n) is 2.75. The minimum Gasteiger partial charge on any atom is -0.455 e. The topological polar surface area (TPSA) is 26.3 Å². The molecule has 0 unspecified atom stereocenters. The maximum Gasteiger partial charge on any atom is 0.420 e. The molecule has 0 aliphatic rings. The molecule has 0 saturated heterocycles. The minimum atomic E-state index is -4.63. The van der Waals surface area contributed by atoms with Gasteiger partial charge in [0.2, 0.25) is 0 Å². The average molecular weight is 315 g/mol. The molecular weight excluding hydrogens is 305 g/mol. The lowest BCUT2D eigenvalue weighted by Gasteiger charge is -2.15. The first-order valence-electron chi connectivity index (χ1n) is 5.91. The fraction of sp³-hybridized carbons (Fsp3) is 0.133. The molecule has 2 nitrogen and oxygen atoms in total. The highest BCUT2D eigenvalue weighted by atomic mass is 35.5. The average Bonchev–Trinajstić information content (AvgIpc) is 2.41. The molecule has 0 atom stereocenters. The Morgan fingerprint density at radius 3 is 2.33 bits per heavy atom. The number of halogens is 4. The fourth-order valence-corrected chi connectivity index (χ4v) is 2.01. The van der Waals surface area contributed by atoms with Crippen LogP contribution in [0.1, 0.15) is 21.5 Å². The van der Waals surface area contributed by atoms with Crippen LogP contribution in [0.3, 0.4) is 0 Å². The standard InChI is InChI=1S/C15H10ClF3O2/c1-9-2-4-14(12(16)6-9)21-13-5-3-10(8-20)7-11(13)15(17,18)19/h2-8H,1H3. The van der Waals surface area contributed by atoms with Gasteiger partial charge in [-0.05, 0) is 42.8 Å². The highest BCUT2D eigenvalue weighted by molar-refractivity contribution is 6.32. The predicted molar refractivity (Wildman–Crippen MR) is 73.1 cm³/mol. The van der Waals surface area contributed by atoms with Gasteiger partial charge in [0, 0.05) is 5.56 Å². The van der Waals surface area contributed by atoms with Crippen molar-refractivity contribution in [2.24, 2.45) is 0 Å². The Balaban J connectivity index is 2.46. The first-order valence-corrected chi connectivity index (χ1v) is 6.29. The van der Waals surface area contributed by atoms with E-state index in [2.05, 4.69) is 0 Å². The van der Waals surface area contributed by atoms with Gasteiger partial charge in [0.1, 0.15) is 17.8 Å². The third kappa shape index (κ3) is 3.55. The van der Waals surface area contributed by atoms with Crippen LogP contribution in [-0.4, -0.2) is 6.29 Å². The van der Waals surface area contributed by atoms with Crippen LogP contribution >= 0.6 is 11.6 Å². The lowest BCUT2D eigenvalue weighted by atomic mass is 10.1. The smallest absolute Gasteiger partial charge is 0.420 e. The van der Waals surface area contributed by atoms with E-state index in [1.165, 1.54) is 12.1 Å². The Bertz CT molecular complexity index is 681. The number of benzene rings is 2. The number of aldehydes is 1. The van der Waals surface area contributed by atoms with Crippen LogP contribution in [0.5, 0.6) is 11.5 Å². The summed E-state index contributed by atoms with van der Waals surface area (Å²) >= 11 is 5.94. The highest BCUT2D eigenvalue weighted by Crippen LogP contribution is 2.40. The molecule has 0 radical (unpaired) electrons. The fourth-order valence-electron chi connectivity index (χ4n) is 1.74. The van der Waals surface area contributed by atoms with Gasteiger partial charge in [-0.25, -0.2) is 0 Å². The number of alkyl halides is 3. The number of carbonyl (C=O) groups excluding carboxylic acids is 1. The van der Waals surface area contributed by atoms with Crippen LogP contribution in [0.4, 0.5) is 13.2 Å². The summed E-state index contributed by atoms with van der Waals surface area (Å²) in [4.78, 5) is 10.6. The Kier molecular flexibility index (Phi) is 4.23. The SMILES string of the molecule is Cc1ccc(Oc2ccc(C=O)cc2C(F)(F)F)c(Cl)c1. The van der Waals surface area contributed by atoms with E-state index < -0.39 is 17.5 Å². The molecule has 110 valence electrons. The lowest BCUT2D eigenvalue weighted by Crippen LogP contribution is -2.08. The molecule has 2 aromatic rings. The van der Waals surface area contributed by atoms with E-state index in [1.807, 2.05) is 0 Å². The monoisotopic (exact) mass is 314 g/mol. The van der Waals surface area contributed by atoms with Gasteiger partial charge in [-0.1, -0.05) is 17.7 Å². The summed E-state index contributed by atoms with van der Waals surface area (Å²) in [7, 11) is 0. The normalized spacial score (nSPS) is 11.3. The van der Waals surface area contributed by atoms with Crippen LogP contribution in [0.2, 0.25) is 5.02 Å². The molecule has 0 amide bonds. The van der Waals surface area contributed by atoms with Crippen molar-refractivity contribution in [3.8, 4) is 11.5 Å². The first kappa shape index (κ1) is 15.4. The zero-order chi connectivity index (χ0) is 15.6. The molecule has 21 heavy (non-hydrogen) atoms. The number of hydrogen-bond donors (Lipinski definition) is 0. The zero-order valence-electron chi connectivity index (χ0n) is 10.9. The molecule has 0 aliphatic heterocycles. The van der Waals surface area contributed by atoms with Gasteiger partial charge in [-0.15, -0.1) is 0 Å². The largest absolute Gasteiger partial charge is 0.455 e. The number of ether oxygens (including phenoxy) is 1. The summed E-state index contributed by atoms with van der Waals surface area (Å²) in [6.07, 6.45) is -4.29. The molecule has 0 aliphatic carbocycles. The van der Waals surface area contributed by atoms with Gasteiger partial charge in [0.15, 0.2) is 0 Å². The van der Waals surface area contributed by atoms with E-state index in [4.69, 9.17) is 16.3 Å². The number of hydrogen-bond acceptors (Lipinski definition) is 2. The van der Waals surface area contributed by atoms with Crippen molar-refractivity contribution >= 4 is 17.9 Å². The van der Waals surface area contributed by atoms with Crippen molar-refractivity contribution in [3.63, 3.8) is 0 Å². The molecule has 2 aromatic carbocycles. The van der Waals surface area contributed by atoms with E-state index in [-0.39, 0.29) is 16.3 Å². The second kappa shape index (κ2) is 5.77. The number of aryl methyl sites for hydroxylation is 1. The van der Waals surface area contributed by atoms with Crippen LogP contribution < -0.4 is 4.74 Å².